The van der Waals surface area contributed by atoms with Crippen molar-refractivity contribution >= 4 is 11.6 Å². The molecule has 18 heavy (non-hydrogen) atoms. The van der Waals surface area contributed by atoms with Gasteiger partial charge < -0.3 is 10.4 Å². The number of nitrogens with zero attached hydrogens (tertiary/aromatic N) is 1. The Balaban J connectivity index is 2.42. The molecule has 0 aliphatic carbocycles. The van der Waals surface area contributed by atoms with Gasteiger partial charge in [0.05, 0.1) is 17.4 Å². The van der Waals surface area contributed by atoms with Crippen LogP contribution in [0.3, 0.4) is 0 Å². The first kappa shape index (κ1) is 14.1. The van der Waals surface area contributed by atoms with Crippen LogP contribution in [0.4, 0.5) is 5.69 Å². The number of benzene rings is 1. The number of aliphatic hydroxyl groups excluding tert-OH is 1. The van der Waals surface area contributed by atoms with Gasteiger partial charge in [0, 0.05) is 18.7 Å². The Morgan fingerprint density at radius 2 is 2.06 bits per heavy atom. The van der Waals surface area contributed by atoms with Crippen molar-refractivity contribution in [3.05, 3.63) is 39.9 Å². The van der Waals surface area contributed by atoms with Crippen LogP contribution in [0.5, 0.6) is 0 Å². The highest BCUT2D eigenvalue weighted by Gasteiger charge is 2.07. The highest BCUT2D eigenvalue weighted by molar-refractivity contribution is 5.78. The Bertz CT molecular complexity index is 415. The normalized spacial score (nSPS) is 11.9. The van der Waals surface area contributed by atoms with Crippen molar-refractivity contribution in [2.75, 3.05) is 6.54 Å². The summed E-state index contributed by atoms with van der Waals surface area (Å²) in [6.07, 6.45) is 0.244. The summed E-state index contributed by atoms with van der Waals surface area (Å²) in [5, 5.41) is 22.1. The number of amides is 1. The summed E-state index contributed by atoms with van der Waals surface area (Å²) in [5.41, 5.74) is 0.725. The van der Waals surface area contributed by atoms with Gasteiger partial charge in [-0.2, -0.15) is 0 Å². The SMILES string of the molecule is CC(O)CCNC(=O)Cc1ccc([N+](=O)[O-])cc1. The summed E-state index contributed by atoms with van der Waals surface area (Å²) < 4.78 is 0. The minimum absolute atomic E-state index is 0.00765. The summed E-state index contributed by atoms with van der Waals surface area (Å²) in [6, 6.07) is 5.87. The van der Waals surface area contributed by atoms with Gasteiger partial charge in [-0.05, 0) is 18.9 Å². The lowest BCUT2D eigenvalue weighted by Gasteiger charge is -2.06. The minimum atomic E-state index is -0.480. The molecule has 1 aromatic carbocycles. The van der Waals surface area contributed by atoms with Crippen LogP contribution in [-0.4, -0.2) is 28.6 Å². The molecule has 0 spiro atoms. The standard InChI is InChI=1S/C12H16N2O4/c1-9(15)6-7-13-12(16)8-10-2-4-11(5-3-10)14(17)18/h2-5,9,15H,6-8H2,1H3,(H,13,16). The molecule has 98 valence electrons. The molecule has 6 heteroatoms. The third-order valence-corrected chi connectivity index (χ3v) is 2.40. The summed E-state index contributed by atoms with van der Waals surface area (Å²) in [5.74, 6) is -0.162. The van der Waals surface area contributed by atoms with Gasteiger partial charge >= 0.3 is 0 Å². The molecule has 0 fully saturated rings. The van der Waals surface area contributed by atoms with Gasteiger partial charge in [-0.1, -0.05) is 12.1 Å². The molecular formula is C12H16N2O4. The topological polar surface area (TPSA) is 92.5 Å². The van der Waals surface area contributed by atoms with Crippen LogP contribution in [0.1, 0.15) is 18.9 Å². The summed E-state index contributed by atoms with van der Waals surface area (Å²) in [6.45, 7) is 2.08. The molecule has 0 aromatic heterocycles. The number of nitro benzene ring substituents is 1. The highest BCUT2D eigenvalue weighted by atomic mass is 16.6. The van der Waals surface area contributed by atoms with E-state index in [1.54, 1.807) is 19.1 Å². The van der Waals surface area contributed by atoms with Gasteiger partial charge in [0.15, 0.2) is 0 Å². The zero-order valence-corrected chi connectivity index (χ0v) is 10.1. The number of aliphatic hydroxyl groups is 1. The predicted octanol–water partition coefficient (Wildman–Crippen LogP) is 1.02. The molecule has 2 N–H and O–H groups in total. The molecule has 1 unspecified atom stereocenters. The number of rotatable bonds is 6. The Morgan fingerprint density at radius 3 is 2.56 bits per heavy atom. The minimum Gasteiger partial charge on any atom is -0.393 e. The maximum Gasteiger partial charge on any atom is 0.269 e. The van der Waals surface area contributed by atoms with Crippen LogP contribution in [0.15, 0.2) is 24.3 Å². The van der Waals surface area contributed by atoms with Gasteiger partial charge in [0.1, 0.15) is 0 Å². The third kappa shape index (κ3) is 4.92. The van der Waals surface area contributed by atoms with Gasteiger partial charge in [-0.25, -0.2) is 0 Å². The fourth-order valence-electron chi connectivity index (χ4n) is 1.40. The van der Waals surface area contributed by atoms with Crippen LogP contribution in [-0.2, 0) is 11.2 Å². The molecule has 1 amide bonds. The van der Waals surface area contributed by atoms with E-state index in [-0.39, 0.29) is 18.0 Å². The lowest BCUT2D eigenvalue weighted by molar-refractivity contribution is -0.384. The molecule has 0 bridgehead atoms. The molecule has 1 aromatic rings. The monoisotopic (exact) mass is 252 g/mol. The van der Waals surface area contributed by atoms with Crippen LogP contribution in [0.2, 0.25) is 0 Å². The van der Waals surface area contributed by atoms with E-state index < -0.39 is 11.0 Å². The van der Waals surface area contributed by atoms with E-state index in [1.807, 2.05) is 0 Å². The smallest absolute Gasteiger partial charge is 0.269 e. The maximum atomic E-state index is 11.5. The van der Waals surface area contributed by atoms with Crippen molar-refractivity contribution < 1.29 is 14.8 Å². The van der Waals surface area contributed by atoms with Crippen molar-refractivity contribution in [3.8, 4) is 0 Å². The van der Waals surface area contributed by atoms with Gasteiger partial charge in [0.25, 0.3) is 5.69 Å². The molecule has 0 saturated carbocycles. The molecule has 0 saturated heterocycles. The quantitative estimate of drug-likeness (QED) is 0.584. The zero-order chi connectivity index (χ0) is 13.5. The van der Waals surface area contributed by atoms with Gasteiger partial charge in [0.2, 0.25) is 5.91 Å². The summed E-state index contributed by atoms with van der Waals surface area (Å²) in [7, 11) is 0. The second-order valence-electron chi connectivity index (χ2n) is 4.09. The molecule has 1 rings (SSSR count). The van der Waals surface area contributed by atoms with Gasteiger partial charge in [-0.15, -0.1) is 0 Å². The molecular weight excluding hydrogens is 236 g/mol. The number of carbonyl (C=O) groups excluding carboxylic acids is 1. The molecule has 6 nitrogen and oxygen atoms in total. The van der Waals surface area contributed by atoms with Crippen molar-refractivity contribution in [2.24, 2.45) is 0 Å². The number of non-ortho nitro benzene ring substituents is 1. The molecule has 0 aliphatic heterocycles. The van der Waals surface area contributed by atoms with E-state index in [2.05, 4.69) is 5.32 Å². The van der Waals surface area contributed by atoms with Crippen LogP contribution >= 0.6 is 0 Å². The number of hydrogen-bond acceptors (Lipinski definition) is 4. The largest absolute Gasteiger partial charge is 0.393 e. The molecule has 0 heterocycles. The number of nitro groups is 1. The fraction of sp³-hybridized carbons (Fsp3) is 0.417. The predicted molar refractivity (Wildman–Crippen MR) is 66.1 cm³/mol. The van der Waals surface area contributed by atoms with Gasteiger partial charge in [-0.3, -0.25) is 14.9 Å². The molecule has 1 atom stereocenters. The summed E-state index contributed by atoms with van der Waals surface area (Å²) in [4.78, 5) is 21.4. The average Bonchev–Trinajstić information content (AvgIpc) is 2.29. The number of nitrogens with one attached hydrogen (secondary N) is 1. The average molecular weight is 252 g/mol. The first-order chi connectivity index (χ1) is 8.49. The van der Waals surface area contributed by atoms with Crippen molar-refractivity contribution in [2.45, 2.75) is 25.9 Å². The Hall–Kier alpha value is -1.95. The fourth-order valence-corrected chi connectivity index (χ4v) is 1.40. The highest BCUT2D eigenvalue weighted by Crippen LogP contribution is 2.12. The van der Waals surface area contributed by atoms with E-state index >= 15 is 0 Å². The lowest BCUT2D eigenvalue weighted by Crippen LogP contribution is -2.27. The lowest BCUT2D eigenvalue weighted by atomic mass is 10.1. The number of carbonyl (C=O) groups is 1. The zero-order valence-electron chi connectivity index (χ0n) is 10.1. The van der Waals surface area contributed by atoms with Crippen LogP contribution < -0.4 is 5.32 Å². The van der Waals surface area contributed by atoms with E-state index in [9.17, 15) is 14.9 Å². The summed E-state index contributed by atoms with van der Waals surface area (Å²) >= 11 is 0. The van der Waals surface area contributed by atoms with Crippen molar-refractivity contribution in [3.63, 3.8) is 0 Å². The van der Waals surface area contributed by atoms with E-state index in [0.29, 0.717) is 13.0 Å². The molecule has 0 aliphatic rings. The Kier molecular flexibility index (Phi) is 5.26. The molecule has 0 radical (unpaired) electrons. The maximum absolute atomic E-state index is 11.5. The van der Waals surface area contributed by atoms with E-state index in [4.69, 9.17) is 5.11 Å². The van der Waals surface area contributed by atoms with Crippen molar-refractivity contribution in [1.29, 1.82) is 0 Å². The first-order valence-corrected chi connectivity index (χ1v) is 5.67. The third-order valence-electron chi connectivity index (χ3n) is 2.40. The second kappa shape index (κ2) is 6.70. The van der Waals surface area contributed by atoms with Crippen molar-refractivity contribution in [1.82, 2.24) is 5.32 Å². The number of hydrogen-bond donors (Lipinski definition) is 2. The van der Waals surface area contributed by atoms with Crippen LogP contribution in [0, 0.1) is 10.1 Å². The van der Waals surface area contributed by atoms with E-state index in [0.717, 1.165) is 5.56 Å². The Morgan fingerprint density at radius 1 is 1.44 bits per heavy atom. The Labute approximate surface area is 105 Å². The van der Waals surface area contributed by atoms with E-state index in [1.165, 1.54) is 12.1 Å². The second-order valence-corrected chi connectivity index (χ2v) is 4.09. The first-order valence-electron chi connectivity index (χ1n) is 5.67. The van der Waals surface area contributed by atoms with Crippen LogP contribution in [0.25, 0.3) is 0 Å².